The van der Waals surface area contributed by atoms with Gasteiger partial charge in [0.2, 0.25) is 5.91 Å². The minimum absolute atomic E-state index is 0.0846. The average molecular weight is 227 g/mol. The first kappa shape index (κ1) is 11.4. The Labute approximate surface area is 94.7 Å². The van der Waals surface area contributed by atoms with E-state index in [0.29, 0.717) is 39.3 Å². The summed E-state index contributed by atoms with van der Waals surface area (Å²) < 4.78 is 10.1. The van der Waals surface area contributed by atoms with Crippen LogP contribution in [0.4, 0.5) is 0 Å². The smallest absolute Gasteiger partial charge is 0.309 e. The average Bonchev–Trinajstić information content (AvgIpc) is 3.09. The van der Waals surface area contributed by atoms with Crippen LogP contribution in [0.5, 0.6) is 0 Å². The second kappa shape index (κ2) is 4.82. The molecule has 1 saturated carbocycles. The van der Waals surface area contributed by atoms with Crippen LogP contribution in [-0.4, -0.2) is 49.7 Å². The SMILES string of the molecule is CCOC(=O)C1CC1C(=O)N1CCOCC1. The van der Waals surface area contributed by atoms with Gasteiger partial charge in [-0.1, -0.05) is 0 Å². The molecule has 0 aromatic carbocycles. The Balaban J connectivity index is 1.81. The Morgan fingerprint density at radius 3 is 2.62 bits per heavy atom. The first-order valence-corrected chi connectivity index (χ1v) is 5.77. The Kier molecular flexibility index (Phi) is 3.43. The lowest BCUT2D eigenvalue weighted by molar-refractivity contribution is -0.147. The predicted molar refractivity (Wildman–Crippen MR) is 55.6 cm³/mol. The Morgan fingerprint density at radius 2 is 2.00 bits per heavy atom. The highest BCUT2D eigenvalue weighted by Gasteiger charge is 2.50. The number of carbonyl (C=O) groups is 2. The maximum Gasteiger partial charge on any atom is 0.309 e. The largest absolute Gasteiger partial charge is 0.466 e. The third kappa shape index (κ3) is 2.35. The van der Waals surface area contributed by atoms with Crippen molar-refractivity contribution >= 4 is 11.9 Å². The molecule has 2 rings (SSSR count). The van der Waals surface area contributed by atoms with Crippen molar-refractivity contribution in [1.82, 2.24) is 4.90 Å². The van der Waals surface area contributed by atoms with Crippen molar-refractivity contribution in [3.63, 3.8) is 0 Å². The fourth-order valence-electron chi connectivity index (χ4n) is 2.00. The van der Waals surface area contributed by atoms with Gasteiger partial charge in [0.25, 0.3) is 0 Å². The van der Waals surface area contributed by atoms with E-state index >= 15 is 0 Å². The zero-order chi connectivity index (χ0) is 11.5. The topological polar surface area (TPSA) is 55.8 Å². The highest BCUT2D eigenvalue weighted by Crippen LogP contribution is 2.41. The van der Waals surface area contributed by atoms with Crippen LogP contribution in [0.15, 0.2) is 0 Å². The monoisotopic (exact) mass is 227 g/mol. The third-order valence-corrected chi connectivity index (χ3v) is 3.02. The van der Waals surface area contributed by atoms with Crippen molar-refractivity contribution in [3.8, 4) is 0 Å². The predicted octanol–water partition coefficient (Wildman–Crippen LogP) is 0.0444. The van der Waals surface area contributed by atoms with Gasteiger partial charge in [-0.15, -0.1) is 0 Å². The van der Waals surface area contributed by atoms with E-state index in [9.17, 15) is 9.59 Å². The van der Waals surface area contributed by atoms with E-state index in [1.54, 1.807) is 11.8 Å². The van der Waals surface area contributed by atoms with Crippen LogP contribution < -0.4 is 0 Å². The van der Waals surface area contributed by atoms with Crippen molar-refractivity contribution in [2.75, 3.05) is 32.9 Å². The standard InChI is InChI=1S/C11H17NO4/c1-2-16-11(14)9-7-8(9)10(13)12-3-5-15-6-4-12/h8-9H,2-7H2,1H3. The molecule has 5 heteroatoms. The number of esters is 1. The van der Waals surface area contributed by atoms with Crippen molar-refractivity contribution < 1.29 is 19.1 Å². The molecule has 0 radical (unpaired) electrons. The second-order valence-electron chi connectivity index (χ2n) is 4.14. The zero-order valence-electron chi connectivity index (χ0n) is 9.48. The second-order valence-corrected chi connectivity index (χ2v) is 4.14. The molecule has 0 spiro atoms. The quantitative estimate of drug-likeness (QED) is 0.639. The van der Waals surface area contributed by atoms with Gasteiger partial charge in [0.05, 0.1) is 31.7 Å². The van der Waals surface area contributed by atoms with Gasteiger partial charge in [-0.05, 0) is 13.3 Å². The molecule has 1 aliphatic carbocycles. The van der Waals surface area contributed by atoms with Crippen molar-refractivity contribution in [1.29, 1.82) is 0 Å². The molecule has 0 N–H and O–H groups in total. The maximum absolute atomic E-state index is 11.9. The third-order valence-electron chi connectivity index (χ3n) is 3.02. The van der Waals surface area contributed by atoms with E-state index in [4.69, 9.17) is 9.47 Å². The van der Waals surface area contributed by atoms with Gasteiger partial charge in [0, 0.05) is 13.1 Å². The van der Waals surface area contributed by atoms with E-state index in [1.807, 2.05) is 0 Å². The number of hydrogen-bond donors (Lipinski definition) is 0. The summed E-state index contributed by atoms with van der Waals surface area (Å²) >= 11 is 0. The first-order chi connectivity index (χ1) is 7.74. The molecular formula is C11H17NO4. The number of carbonyl (C=O) groups excluding carboxylic acids is 2. The fourth-order valence-corrected chi connectivity index (χ4v) is 2.00. The van der Waals surface area contributed by atoms with Crippen LogP contribution in [0.25, 0.3) is 0 Å². The van der Waals surface area contributed by atoms with E-state index < -0.39 is 0 Å². The number of rotatable bonds is 3. The summed E-state index contributed by atoms with van der Waals surface area (Å²) in [6, 6.07) is 0. The van der Waals surface area contributed by atoms with Crippen LogP contribution in [0, 0.1) is 11.8 Å². The number of hydrogen-bond acceptors (Lipinski definition) is 4. The molecule has 2 fully saturated rings. The van der Waals surface area contributed by atoms with Crippen LogP contribution in [-0.2, 0) is 19.1 Å². The number of amides is 1. The van der Waals surface area contributed by atoms with E-state index in [2.05, 4.69) is 0 Å². The van der Waals surface area contributed by atoms with E-state index in [-0.39, 0.29) is 23.7 Å². The first-order valence-electron chi connectivity index (χ1n) is 5.77. The van der Waals surface area contributed by atoms with Crippen LogP contribution >= 0.6 is 0 Å². The minimum Gasteiger partial charge on any atom is -0.466 e. The highest BCUT2D eigenvalue weighted by atomic mass is 16.5. The van der Waals surface area contributed by atoms with Gasteiger partial charge in [0.15, 0.2) is 0 Å². The summed E-state index contributed by atoms with van der Waals surface area (Å²) in [5.74, 6) is -0.483. The maximum atomic E-state index is 11.9. The fraction of sp³-hybridized carbons (Fsp3) is 0.818. The van der Waals surface area contributed by atoms with Crippen molar-refractivity contribution in [2.45, 2.75) is 13.3 Å². The normalized spacial score (nSPS) is 28.7. The van der Waals surface area contributed by atoms with Crippen LogP contribution in [0.3, 0.4) is 0 Å². The summed E-state index contributed by atoms with van der Waals surface area (Å²) in [6.45, 7) is 4.65. The van der Waals surface area contributed by atoms with Crippen LogP contribution in [0.2, 0.25) is 0 Å². The summed E-state index contributed by atoms with van der Waals surface area (Å²) in [4.78, 5) is 25.1. The molecule has 5 nitrogen and oxygen atoms in total. The van der Waals surface area contributed by atoms with Gasteiger partial charge in [0.1, 0.15) is 0 Å². The zero-order valence-corrected chi connectivity index (χ0v) is 9.48. The lowest BCUT2D eigenvalue weighted by atomic mass is 10.2. The number of ether oxygens (including phenoxy) is 2. The molecule has 1 heterocycles. The molecule has 2 atom stereocenters. The Morgan fingerprint density at radius 1 is 1.31 bits per heavy atom. The molecule has 0 bridgehead atoms. The van der Waals surface area contributed by atoms with Crippen molar-refractivity contribution in [3.05, 3.63) is 0 Å². The Bertz CT molecular complexity index is 286. The molecule has 1 saturated heterocycles. The van der Waals surface area contributed by atoms with Crippen molar-refractivity contribution in [2.24, 2.45) is 11.8 Å². The summed E-state index contributed by atoms with van der Waals surface area (Å²) in [5.41, 5.74) is 0. The lowest BCUT2D eigenvalue weighted by Gasteiger charge is -2.26. The molecular weight excluding hydrogens is 210 g/mol. The number of nitrogens with zero attached hydrogens (tertiary/aromatic N) is 1. The summed E-state index contributed by atoms with van der Waals surface area (Å²) in [7, 11) is 0. The van der Waals surface area contributed by atoms with E-state index in [0.717, 1.165) is 0 Å². The molecule has 90 valence electrons. The van der Waals surface area contributed by atoms with Gasteiger partial charge in [-0.2, -0.15) is 0 Å². The van der Waals surface area contributed by atoms with Gasteiger partial charge in [-0.3, -0.25) is 9.59 Å². The minimum atomic E-state index is -0.228. The Hall–Kier alpha value is -1.10. The van der Waals surface area contributed by atoms with Crippen LogP contribution in [0.1, 0.15) is 13.3 Å². The number of morpholine rings is 1. The molecule has 1 aliphatic heterocycles. The molecule has 1 amide bonds. The summed E-state index contributed by atoms with van der Waals surface area (Å²) in [5, 5.41) is 0. The van der Waals surface area contributed by atoms with Gasteiger partial charge in [-0.25, -0.2) is 0 Å². The molecule has 2 unspecified atom stereocenters. The lowest BCUT2D eigenvalue weighted by Crippen LogP contribution is -2.42. The van der Waals surface area contributed by atoms with Gasteiger partial charge >= 0.3 is 5.97 Å². The molecule has 0 aromatic rings. The molecule has 16 heavy (non-hydrogen) atoms. The highest BCUT2D eigenvalue weighted by molar-refractivity contribution is 5.90. The van der Waals surface area contributed by atoms with Gasteiger partial charge < -0.3 is 14.4 Å². The molecule has 0 aromatic heterocycles. The van der Waals surface area contributed by atoms with E-state index in [1.165, 1.54) is 0 Å². The molecule has 2 aliphatic rings. The summed E-state index contributed by atoms with van der Waals surface area (Å²) in [6.07, 6.45) is 0.648.